The fraction of sp³-hybridized carbons (Fsp3) is 0.300. The minimum absolute atomic E-state index is 0.0133. The van der Waals surface area contributed by atoms with Crippen molar-refractivity contribution < 1.29 is 9.18 Å². The first kappa shape index (κ1) is 18.1. The third-order valence-electron chi connectivity index (χ3n) is 4.99. The molecular formula is C20H20FN5O2. The summed E-state index contributed by atoms with van der Waals surface area (Å²) in [5.41, 5.74) is 1.26. The van der Waals surface area contributed by atoms with E-state index in [1.165, 1.54) is 16.8 Å². The Balaban J connectivity index is 1.34. The molecule has 0 radical (unpaired) electrons. The summed E-state index contributed by atoms with van der Waals surface area (Å²) in [5, 5.41) is 8.46. The van der Waals surface area contributed by atoms with Gasteiger partial charge in [-0.1, -0.05) is 17.3 Å². The van der Waals surface area contributed by atoms with Crippen molar-refractivity contribution in [3.8, 4) is 0 Å². The zero-order valence-electron chi connectivity index (χ0n) is 15.3. The van der Waals surface area contributed by atoms with Crippen LogP contribution in [0.1, 0.15) is 6.42 Å². The van der Waals surface area contributed by atoms with E-state index in [0.29, 0.717) is 37.1 Å². The molecule has 144 valence electrons. The molecule has 3 aromatic rings. The van der Waals surface area contributed by atoms with Gasteiger partial charge in [-0.25, -0.2) is 9.07 Å². The molecule has 2 heterocycles. The summed E-state index contributed by atoms with van der Waals surface area (Å²) in [6.45, 7) is 2.76. The number of piperazine rings is 1. The second-order valence-corrected chi connectivity index (χ2v) is 6.73. The standard InChI is InChI=1S/C20H20FN5O2/c21-15-5-7-16(8-6-15)24-11-13-25(14-12-24)19(27)9-10-26-20(28)17-3-1-2-4-18(17)22-23-26/h1-8H,9-14H2. The normalized spacial score (nSPS) is 14.5. The van der Waals surface area contributed by atoms with Crippen LogP contribution in [0.4, 0.5) is 10.1 Å². The zero-order chi connectivity index (χ0) is 19.5. The van der Waals surface area contributed by atoms with Gasteiger partial charge in [0.05, 0.1) is 11.9 Å². The molecule has 1 aliphatic heterocycles. The van der Waals surface area contributed by atoms with E-state index < -0.39 is 0 Å². The summed E-state index contributed by atoms with van der Waals surface area (Å²) in [5.74, 6) is -0.273. The Kier molecular flexibility index (Phi) is 5.01. The number of fused-ring (bicyclic) bond motifs is 1. The molecule has 8 heteroatoms. The highest BCUT2D eigenvalue weighted by Gasteiger charge is 2.21. The van der Waals surface area contributed by atoms with Crippen molar-refractivity contribution in [1.29, 1.82) is 0 Å². The number of aryl methyl sites for hydroxylation is 1. The Bertz CT molecular complexity index is 1040. The number of aromatic nitrogens is 3. The second-order valence-electron chi connectivity index (χ2n) is 6.73. The van der Waals surface area contributed by atoms with Gasteiger partial charge >= 0.3 is 0 Å². The molecule has 0 N–H and O–H groups in total. The largest absolute Gasteiger partial charge is 0.368 e. The van der Waals surface area contributed by atoms with Crippen LogP contribution in [0.5, 0.6) is 0 Å². The lowest BCUT2D eigenvalue weighted by Gasteiger charge is -2.36. The van der Waals surface area contributed by atoms with Crippen LogP contribution >= 0.6 is 0 Å². The van der Waals surface area contributed by atoms with Gasteiger partial charge in [0.1, 0.15) is 11.3 Å². The van der Waals surface area contributed by atoms with Crippen molar-refractivity contribution in [3.05, 3.63) is 64.7 Å². The highest BCUT2D eigenvalue weighted by Crippen LogP contribution is 2.17. The summed E-state index contributed by atoms with van der Waals surface area (Å²) in [6.07, 6.45) is 0.198. The number of rotatable bonds is 4. The molecule has 28 heavy (non-hydrogen) atoms. The molecule has 0 bridgehead atoms. The highest BCUT2D eigenvalue weighted by molar-refractivity contribution is 5.77. The first-order chi connectivity index (χ1) is 13.6. The maximum Gasteiger partial charge on any atom is 0.277 e. The van der Waals surface area contributed by atoms with Gasteiger partial charge in [-0.3, -0.25) is 9.59 Å². The number of hydrogen-bond donors (Lipinski definition) is 0. The van der Waals surface area contributed by atoms with E-state index in [0.717, 1.165) is 5.69 Å². The van der Waals surface area contributed by atoms with Gasteiger partial charge in [-0.05, 0) is 36.4 Å². The predicted octanol–water partition coefficient (Wildman–Crippen LogP) is 1.67. The Labute approximate surface area is 161 Å². The van der Waals surface area contributed by atoms with E-state index in [1.807, 2.05) is 0 Å². The van der Waals surface area contributed by atoms with Crippen molar-refractivity contribution in [1.82, 2.24) is 19.9 Å². The second kappa shape index (κ2) is 7.75. The molecule has 0 aliphatic carbocycles. The molecule has 0 unspecified atom stereocenters. The molecule has 4 rings (SSSR count). The number of carbonyl (C=O) groups is 1. The van der Waals surface area contributed by atoms with Crippen molar-refractivity contribution in [2.24, 2.45) is 0 Å². The summed E-state index contributed by atoms with van der Waals surface area (Å²) in [4.78, 5) is 28.9. The topological polar surface area (TPSA) is 71.3 Å². The zero-order valence-corrected chi connectivity index (χ0v) is 15.3. The Hall–Kier alpha value is -3.29. The quantitative estimate of drug-likeness (QED) is 0.688. The minimum Gasteiger partial charge on any atom is -0.368 e. The van der Waals surface area contributed by atoms with Crippen molar-refractivity contribution >= 4 is 22.5 Å². The van der Waals surface area contributed by atoms with Crippen molar-refractivity contribution in [2.45, 2.75) is 13.0 Å². The number of halogens is 1. The van der Waals surface area contributed by atoms with Crippen LogP contribution in [0.3, 0.4) is 0 Å². The molecule has 1 amide bonds. The Morgan fingerprint density at radius 2 is 1.71 bits per heavy atom. The third-order valence-corrected chi connectivity index (χ3v) is 4.99. The van der Waals surface area contributed by atoms with E-state index in [-0.39, 0.29) is 30.2 Å². The third kappa shape index (κ3) is 3.71. The molecule has 1 aliphatic rings. The number of benzene rings is 2. The first-order valence-electron chi connectivity index (χ1n) is 9.23. The van der Waals surface area contributed by atoms with Gasteiger partial charge in [0.15, 0.2) is 0 Å². The lowest BCUT2D eigenvalue weighted by atomic mass is 10.2. The predicted molar refractivity (Wildman–Crippen MR) is 104 cm³/mol. The summed E-state index contributed by atoms with van der Waals surface area (Å²) in [6, 6.07) is 13.4. The monoisotopic (exact) mass is 381 g/mol. The van der Waals surface area contributed by atoms with Gasteiger partial charge in [-0.15, -0.1) is 5.10 Å². The molecule has 2 aromatic carbocycles. The van der Waals surface area contributed by atoms with Crippen LogP contribution in [0.2, 0.25) is 0 Å². The minimum atomic E-state index is -0.260. The fourth-order valence-electron chi connectivity index (χ4n) is 3.40. The van der Waals surface area contributed by atoms with E-state index >= 15 is 0 Å². The van der Waals surface area contributed by atoms with Crippen molar-refractivity contribution in [2.75, 3.05) is 31.1 Å². The molecule has 0 saturated carbocycles. The summed E-state index contributed by atoms with van der Waals surface area (Å²) >= 11 is 0. The van der Waals surface area contributed by atoms with Crippen LogP contribution in [0, 0.1) is 5.82 Å². The molecular weight excluding hydrogens is 361 g/mol. The fourth-order valence-corrected chi connectivity index (χ4v) is 3.40. The van der Waals surface area contributed by atoms with E-state index in [9.17, 15) is 14.0 Å². The Morgan fingerprint density at radius 1 is 1.00 bits per heavy atom. The van der Waals surface area contributed by atoms with Crippen LogP contribution in [0.25, 0.3) is 10.9 Å². The van der Waals surface area contributed by atoms with Crippen LogP contribution in [-0.4, -0.2) is 52.0 Å². The van der Waals surface area contributed by atoms with Crippen LogP contribution < -0.4 is 10.5 Å². The van der Waals surface area contributed by atoms with Crippen LogP contribution in [0.15, 0.2) is 53.3 Å². The van der Waals surface area contributed by atoms with Gasteiger partial charge in [0.25, 0.3) is 5.56 Å². The summed E-state index contributed by atoms with van der Waals surface area (Å²) < 4.78 is 14.3. The number of anilines is 1. The molecule has 0 atom stereocenters. The lowest BCUT2D eigenvalue weighted by Crippen LogP contribution is -2.49. The average Bonchev–Trinajstić information content (AvgIpc) is 2.74. The molecule has 1 fully saturated rings. The number of carbonyl (C=O) groups excluding carboxylic acids is 1. The first-order valence-corrected chi connectivity index (χ1v) is 9.23. The van der Waals surface area contributed by atoms with Gasteiger partial charge in [0, 0.05) is 38.3 Å². The molecule has 0 spiro atoms. The number of amides is 1. The highest BCUT2D eigenvalue weighted by atomic mass is 19.1. The molecule has 1 aromatic heterocycles. The number of hydrogen-bond acceptors (Lipinski definition) is 5. The maximum atomic E-state index is 13.1. The smallest absolute Gasteiger partial charge is 0.277 e. The summed E-state index contributed by atoms with van der Waals surface area (Å²) in [7, 11) is 0. The molecule has 1 saturated heterocycles. The van der Waals surface area contributed by atoms with E-state index in [4.69, 9.17) is 0 Å². The van der Waals surface area contributed by atoms with Gasteiger partial charge in [-0.2, -0.15) is 0 Å². The maximum absolute atomic E-state index is 13.1. The average molecular weight is 381 g/mol. The van der Waals surface area contributed by atoms with Crippen LogP contribution in [-0.2, 0) is 11.3 Å². The SMILES string of the molecule is O=C(CCn1nnc2ccccc2c1=O)N1CCN(c2ccc(F)cc2)CC1. The lowest BCUT2D eigenvalue weighted by molar-refractivity contribution is -0.131. The van der Waals surface area contributed by atoms with E-state index in [2.05, 4.69) is 15.2 Å². The van der Waals surface area contributed by atoms with Crippen molar-refractivity contribution in [3.63, 3.8) is 0 Å². The molecule has 7 nitrogen and oxygen atoms in total. The Morgan fingerprint density at radius 3 is 2.46 bits per heavy atom. The number of nitrogens with zero attached hydrogens (tertiary/aromatic N) is 5. The van der Waals surface area contributed by atoms with E-state index in [1.54, 1.807) is 41.3 Å². The van der Waals surface area contributed by atoms with Gasteiger partial charge in [0.2, 0.25) is 5.91 Å². The van der Waals surface area contributed by atoms with Gasteiger partial charge < -0.3 is 9.80 Å².